The summed E-state index contributed by atoms with van der Waals surface area (Å²) in [5.74, 6) is 1.07. The third-order valence-electron chi connectivity index (χ3n) is 5.37. The van der Waals surface area contributed by atoms with Crippen molar-refractivity contribution in [2.24, 2.45) is 0 Å². The highest BCUT2D eigenvalue weighted by Gasteiger charge is 2.26. The van der Waals surface area contributed by atoms with Gasteiger partial charge in [-0.1, -0.05) is 36.4 Å². The van der Waals surface area contributed by atoms with Gasteiger partial charge in [-0.15, -0.1) is 11.8 Å². The standard InChI is InChI=1S/C25H24N2O3S/c1-17-5-3-4-6-20(17)15-27-22-13-19(9-12-23(22)31-16-24(27)28)25(29)26-14-18-7-10-21(30-2)11-8-18/h3-13H,14-16H2,1-2H3,(H,26,29). The third-order valence-corrected chi connectivity index (χ3v) is 6.41. The summed E-state index contributed by atoms with van der Waals surface area (Å²) in [7, 11) is 1.62. The quantitative estimate of drug-likeness (QED) is 0.620. The van der Waals surface area contributed by atoms with Crippen LogP contribution in [0.4, 0.5) is 5.69 Å². The maximum absolute atomic E-state index is 12.8. The van der Waals surface area contributed by atoms with Crippen LogP contribution >= 0.6 is 11.8 Å². The van der Waals surface area contributed by atoms with E-state index in [1.54, 1.807) is 12.0 Å². The smallest absolute Gasteiger partial charge is 0.251 e. The van der Waals surface area contributed by atoms with Gasteiger partial charge in [-0.2, -0.15) is 0 Å². The highest BCUT2D eigenvalue weighted by molar-refractivity contribution is 8.00. The number of carbonyl (C=O) groups excluding carboxylic acids is 2. The monoisotopic (exact) mass is 432 g/mol. The molecule has 5 nitrogen and oxygen atoms in total. The normalized spacial score (nSPS) is 13.0. The SMILES string of the molecule is COc1ccc(CNC(=O)c2ccc3c(c2)N(Cc2ccccc2C)C(=O)CS3)cc1. The van der Waals surface area contributed by atoms with Gasteiger partial charge in [0.25, 0.3) is 5.91 Å². The molecule has 0 fully saturated rings. The Morgan fingerprint density at radius 3 is 2.61 bits per heavy atom. The second-order valence-corrected chi connectivity index (χ2v) is 8.43. The fraction of sp³-hybridized carbons (Fsp3) is 0.200. The Bertz CT molecular complexity index is 1110. The molecule has 3 aromatic rings. The molecule has 1 heterocycles. The highest BCUT2D eigenvalue weighted by Crippen LogP contribution is 2.37. The van der Waals surface area contributed by atoms with Crippen LogP contribution in [0.5, 0.6) is 5.75 Å². The Labute approximate surface area is 186 Å². The number of hydrogen-bond donors (Lipinski definition) is 1. The Hall–Kier alpha value is -3.25. The van der Waals surface area contributed by atoms with Crippen molar-refractivity contribution < 1.29 is 14.3 Å². The summed E-state index contributed by atoms with van der Waals surface area (Å²) in [5.41, 5.74) is 4.56. The van der Waals surface area contributed by atoms with Crippen LogP contribution < -0.4 is 15.0 Å². The molecular weight excluding hydrogens is 408 g/mol. The molecule has 1 aliphatic heterocycles. The van der Waals surface area contributed by atoms with Gasteiger partial charge in [0.05, 0.1) is 25.1 Å². The van der Waals surface area contributed by atoms with E-state index in [1.807, 2.05) is 73.7 Å². The molecule has 6 heteroatoms. The van der Waals surface area contributed by atoms with Gasteiger partial charge in [0.15, 0.2) is 0 Å². The minimum atomic E-state index is -0.169. The van der Waals surface area contributed by atoms with Crippen molar-refractivity contribution in [2.75, 3.05) is 17.8 Å². The number of fused-ring (bicyclic) bond motifs is 1. The average Bonchev–Trinajstić information content (AvgIpc) is 2.80. The largest absolute Gasteiger partial charge is 0.497 e. The number of thioether (sulfide) groups is 1. The third kappa shape index (κ3) is 4.75. The molecule has 158 valence electrons. The van der Waals surface area contributed by atoms with Gasteiger partial charge >= 0.3 is 0 Å². The number of carbonyl (C=O) groups is 2. The molecule has 0 saturated heterocycles. The fourth-order valence-corrected chi connectivity index (χ4v) is 4.42. The van der Waals surface area contributed by atoms with E-state index in [0.29, 0.717) is 24.4 Å². The molecule has 0 radical (unpaired) electrons. The van der Waals surface area contributed by atoms with Crippen molar-refractivity contribution in [3.63, 3.8) is 0 Å². The highest BCUT2D eigenvalue weighted by atomic mass is 32.2. The van der Waals surface area contributed by atoms with Gasteiger partial charge in [-0.05, 0) is 53.9 Å². The molecule has 0 bridgehead atoms. The van der Waals surface area contributed by atoms with Crippen molar-refractivity contribution in [1.29, 1.82) is 0 Å². The summed E-state index contributed by atoms with van der Waals surface area (Å²) in [6.45, 7) is 2.96. The zero-order valence-electron chi connectivity index (χ0n) is 17.6. The van der Waals surface area contributed by atoms with E-state index in [9.17, 15) is 9.59 Å². The molecule has 2 amide bonds. The van der Waals surface area contributed by atoms with Crippen LogP contribution in [0.1, 0.15) is 27.0 Å². The number of benzene rings is 3. The maximum atomic E-state index is 12.8. The van der Waals surface area contributed by atoms with Crippen molar-refractivity contribution in [3.05, 3.63) is 89.0 Å². The van der Waals surface area contributed by atoms with Crippen LogP contribution in [0, 0.1) is 6.92 Å². The van der Waals surface area contributed by atoms with E-state index in [2.05, 4.69) is 5.32 Å². The second kappa shape index (κ2) is 9.27. The summed E-state index contributed by atoms with van der Waals surface area (Å²) in [6, 6.07) is 21.2. The lowest BCUT2D eigenvalue weighted by molar-refractivity contribution is -0.116. The number of anilines is 1. The van der Waals surface area contributed by atoms with E-state index in [4.69, 9.17) is 4.74 Å². The van der Waals surface area contributed by atoms with E-state index in [1.165, 1.54) is 11.8 Å². The van der Waals surface area contributed by atoms with E-state index in [-0.39, 0.29) is 11.8 Å². The zero-order chi connectivity index (χ0) is 21.8. The molecular formula is C25H24N2O3S. The topological polar surface area (TPSA) is 58.6 Å². The van der Waals surface area contributed by atoms with Crippen molar-refractivity contribution in [2.45, 2.75) is 24.9 Å². The van der Waals surface area contributed by atoms with Crippen LogP contribution in [0.25, 0.3) is 0 Å². The van der Waals surface area contributed by atoms with Gasteiger partial charge in [0.1, 0.15) is 5.75 Å². The predicted octanol–water partition coefficient (Wildman–Crippen LogP) is 4.57. The number of nitrogens with one attached hydrogen (secondary N) is 1. The van der Waals surface area contributed by atoms with Crippen molar-refractivity contribution in [3.8, 4) is 5.75 Å². The van der Waals surface area contributed by atoms with Crippen LogP contribution in [0.15, 0.2) is 71.6 Å². The number of nitrogens with zero attached hydrogens (tertiary/aromatic N) is 1. The minimum Gasteiger partial charge on any atom is -0.497 e. The molecule has 0 spiro atoms. The number of hydrogen-bond acceptors (Lipinski definition) is 4. The van der Waals surface area contributed by atoms with Gasteiger partial charge in [0, 0.05) is 17.0 Å². The maximum Gasteiger partial charge on any atom is 0.251 e. The number of ether oxygens (including phenoxy) is 1. The molecule has 0 unspecified atom stereocenters. The molecule has 4 rings (SSSR count). The first-order valence-electron chi connectivity index (χ1n) is 10.1. The molecule has 0 aliphatic carbocycles. The van der Waals surface area contributed by atoms with E-state index >= 15 is 0 Å². The first kappa shape index (κ1) is 21.0. The summed E-state index contributed by atoms with van der Waals surface area (Å²) < 4.78 is 5.16. The Morgan fingerprint density at radius 1 is 1.10 bits per heavy atom. The lowest BCUT2D eigenvalue weighted by Crippen LogP contribution is -2.35. The van der Waals surface area contributed by atoms with E-state index < -0.39 is 0 Å². The number of methoxy groups -OCH3 is 1. The molecule has 31 heavy (non-hydrogen) atoms. The Morgan fingerprint density at radius 2 is 1.87 bits per heavy atom. The van der Waals surface area contributed by atoms with Crippen LogP contribution in [0.2, 0.25) is 0 Å². The van der Waals surface area contributed by atoms with Crippen LogP contribution in [-0.2, 0) is 17.9 Å². The number of amides is 2. The lowest BCUT2D eigenvalue weighted by atomic mass is 10.1. The fourth-order valence-electron chi connectivity index (χ4n) is 3.50. The van der Waals surface area contributed by atoms with Gasteiger partial charge in [-0.3, -0.25) is 9.59 Å². The first-order chi connectivity index (χ1) is 15.0. The number of aryl methyl sites for hydroxylation is 1. The van der Waals surface area contributed by atoms with Crippen LogP contribution in [0.3, 0.4) is 0 Å². The average molecular weight is 433 g/mol. The second-order valence-electron chi connectivity index (χ2n) is 7.41. The molecule has 0 saturated carbocycles. The lowest BCUT2D eigenvalue weighted by Gasteiger charge is -2.30. The summed E-state index contributed by atoms with van der Waals surface area (Å²) in [6.07, 6.45) is 0. The van der Waals surface area contributed by atoms with Crippen molar-refractivity contribution >= 4 is 29.3 Å². The van der Waals surface area contributed by atoms with Gasteiger partial charge in [-0.25, -0.2) is 0 Å². The Balaban J connectivity index is 1.52. The summed E-state index contributed by atoms with van der Waals surface area (Å²) in [4.78, 5) is 28.3. The molecule has 1 aliphatic rings. The zero-order valence-corrected chi connectivity index (χ0v) is 18.4. The predicted molar refractivity (Wildman–Crippen MR) is 124 cm³/mol. The molecule has 3 aromatic carbocycles. The molecule has 1 N–H and O–H groups in total. The summed E-state index contributed by atoms with van der Waals surface area (Å²) in [5, 5.41) is 2.95. The summed E-state index contributed by atoms with van der Waals surface area (Å²) >= 11 is 1.51. The first-order valence-corrected chi connectivity index (χ1v) is 11.1. The van der Waals surface area contributed by atoms with E-state index in [0.717, 1.165) is 33.0 Å². The Kier molecular flexibility index (Phi) is 6.28. The van der Waals surface area contributed by atoms with Gasteiger partial charge in [0.2, 0.25) is 5.91 Å². The number of rotatable bonds is 6. The van der Waals surface area contributed by atoms with Crippen molar-refractivity contribution in [1.82, 2.24) is 5.32 Å². The van der Waals surface area contributed by atoms with Crippen LogP contribution in [-0.4, -0.2) is 24.7 Å². The van der Waals surface area contributed by atoms with Gasteiger partial charge < -0.3 is 15.0 Å². The molecule has 0 aromatic heterocycles. The molecule has 0 atom stereocenters. The minimum absolute atomic E-state index is 0.0524.